The monoisotopic (exact) mass is 216 g/mol. The van der Waals surface area contributed by atoms with Crippen LogP contribution in [0.3, 0.4) is 0 Å². The maximum atomic E-state index is 9.26. The Bertz CT molecular complexity index is 195. The summed E-state index contributed by atoms with van der Waals surface area (Å²) in [7, 11) is 2.13. The SMILES string of the molecule is CC1CN(C)CCN1CC(C)(CO)CO. The highest BCUT2D eigenvalue weighted by atomic mass is 16.3. The van der Waals surface area contributed by atoms with E-state index in [1.165, 1.54) is 0 Å². The molecular weight excluding hydrogens is 192 g/mol. The zero-order valence-corrected chi connectivity index (χ0v) is 10.1. The summed E-state index contributed by atoms with van der Waals surface area (Å²) in [4.78, 5) is 4.67. The third-order valence-electron chi connectivity index (χ3n) is 3.32. The van der Waals surface area contributed by atoms with Gasteiger partial charge in [0.2, 0.25) is 0 Å². The molecule has 0 aromatic rings. The van der Waals surface area contributed by atoms with Gasteiger partial charge in [-0.1, -0.05) is 6.92 Å². The van der Waals surface area contributed by atoms with E-state index in [0.717, 1.165) is 26.2 Å². The molecule has 1 rings (SSSR count). The van der Waals surface area contributed by atoms with E-state index < -0.39 is 0 Å². The molecule has 1 heterocycles. The molecule has 0 aromatic heterocycles. The highest BCUT2D eigenvalue weighted by Gasteiger charge is 2.30. The standard InChI is InChI=1S/C11H24N2O2/c1-10-6-12(3)4-5-13(10)7-11(2,8-14)9-15/h10,14-15H,4-9H2,1-3H3. The van der Waals surface area contributed by atoms with Gasteiger partial charge in [-0.2, -0.15) is 0 Å². The van der Waals surface area contributed by atoms with Crippen LogP contribution >= 0.6 is 0 Å². The maximum absolute atomic E-state index is 9.26. The number of hydrogen-bond donors (Lipinski definition) is 2. The molecule has 1 aliphatic rings. The first-order valence-electron chi connectivity index (χ1n) is 5.65. The lowest BCUT2D eigenvalue weighted by molar-refractivity contribution is 0.00330. The van der Waals surface area contributed by atoms with Gasteiger partial charge >= 0.3 is 0 Å². The van der Waals surface area contributed by atoms with E-state index in [2.05, 4.69) is 23.8 Å². The summed E-state index contributed by atoms with van der Waals surface area (Å²) in [6, 6.07) is 0.501. The van der Waals surface area contributed by atoms with Crippen molar-refractivity contribution in [3.8, 4) is 0 Å². The van der Waals surface area contributed by atoms with Gasteiger partial charge in [-0.25, -0.2) is 0 Å². The lowest BCUT2D eigenvalue weighted by Crippen LogP contribution is -2.54. The fraction of sp³-hybridized carbons (Fsp3) is 1.00. The van der Waals surface area contributed by atoms with Crippen LogP contribution in [0.1, 0.15) is 13.8 Å². The summed E-state index contributed by atoms with van der Waals surface area (Å²) < 4.78 is 0. The van der Waals surface area contributed by atoms with Crippen LogP contribution in [0.5, 0.6) is 0 Å². The largest absolute Gasteiger partial charge is 0.396 e. The van der Waals surface area contributed by atoms with Gasteiger partial charge in [0.25, 0.3) is 0 Å². The first kappa shape index (κ1) is 12.9. The average molecular weight is 216 g/mol. The molecule has 0 bridgehead atoms. The van der Waals surface area contributed by atoms with Crippen LogP contribution in [0.25, 0.3) is 0 Å². The Morgan fingerprint density at radius 1 is 1.27 bits per heavy atom. The summed E-state index contributed by atoms with van der Waals surface area (Å²) >= 11 is 0. The van der Waals surface area contributed by atoms with Crippen LogP contribution in [0.2, 0.25) is 0 Å². The minimum Gasteiger partial charge on any atom is -0.396 e. The Morgan fingerprint density at radius 2 is 1.87 bits per heavy atom. The second kappa shape index (κ2) is 5.25. The van der Waals surface area contributed by atoms with E-state index in [1.807, 2.05) is 6.92 Å². The van der Waals surface area contributed by atoms with Crippen LogP contribution in [0.15, 0.2) is 0 Å². The molecule has 1 aliphatic heterocycles. The zero-order chi connectivity index (χ0) is 11.5. The van der Waals surface area contributed by atoms with Gasteiger partial charge in [0.15, 0.2) is 0 Å². The second-order valence-electron chi connectivity index (χ2n) is 5.21. The van der Waals surface area contributed by atoms with Crippen molar-refractivity contribution in [2.24, 2.45) is 5.41 Å². The Balaban J connectivity index is 2.50. The number of aliphatic hydroxyl groups excluding tert-OH is 2. The number of rotatable bonds is 4. The fourth-order valence-corrected chi connectivity index (χ4v) is 2.05. The lowest BCUT2D eigenvalue weighted by Gasteiger charge is -2.42. The molecule has 0 aromatic carbocycles. The Morgan fingerprint density at radius 3 is 2.33 bits per heavy atom. The molecule has 0 saturated carbocycles. The van der Waals surface area contributed by atoms with Gasteiger partial charge in [-0.05, 0) is 14.0 Å². The molecule has 1 fully saturated rings. The van der Waals surface area contributed by atoms with Crippen molar-refractivity contribution in [1.82, 2.24) is 9.80 Å². The predicted octanol–water partition coefficient (Wildman–Crippen LogP) is -0.387. The number of aliphatic hydroxyl groups is 2. The summed E-state index contributed by atoms with van der Waals surface area (Å²) in [5.74, 6) is 0. The molecule has 2 N–H and O–H groups in total. The van der Waals surface area contributed by atoms with E-state index in [4.69, 9.17) is 0 Å². The fourth-order valence-electron chi connectivity index (χ4n) is 2.05. The summed E-state index contributed by atoms with van der Waals surface area (Å²) in [5.41, 5.74) is -0.371. The highest BCUT2D eigenvalue weighted by molar-refractivity contribution is 4.84. The zero-order valence-electron chi connectivity index (χ0n) is 10.1. The van der Waals surface area contributed by atoms with Gasteiger partial charge in [0, 0.05) is 37.6 Å². The molecule has 0 radical (unpaired) electrons. The smallest absolute Gasteiger partial charge is 0.0519 e. The maximum Gasteiger partial charge on any atom is 0.0519 e. The molecular formula is C11H24N2O2. The summed E-state index contributed by atoms with van der Waals surface area (Å²) in [6.07, 6.45) is 0. The third-order valence-corrected chi connectivity index (χ3v) is 3.32. The molecule has 90 valence electrons. The minimum absolute atomic E-state index is 0.0442. The van der Waals surface area contributed by atoms with Crippen molar-refractivity contribution >= 4 is 0 Å². The van der Waals surface area contributed by atoms with Gasteiger partial charge in [0.05, 0.1) is 13.2 Å². The Kier molecular flexibility index (Phi) is 4.52. The summed E-state index contributed by atoms with van der Waals surface area (Å²) in [5, 5.41) is 18.5. The lowest BCUT2D eigenvalue weighted by atomic mass is 9.91. The molecule has 15 heavy (non-hydrogen) atoms. The number of nitrogens with zero attached hydrogens (tertiary/aromatic N) is 2. The molecule has 1 saturated heterocycles. The topological polar surface area (TPSA) is 46.9 Å². The van der Waals surface area contributed by atoms with Crippen molar-refractivity contribution in [2.45, 2.75) is 19.9 Å². The van der Waals surface area contributed by atoms with E-state index in [0.29, 0.717) is 6.04 Å². The van der Waals surface area contributed by atoms with Crippen molar-refractivity contribution in [2.75, 3.05) is 46.4 Å². The Labute approximate surface area is 92.5 Å². The number of piperazine rings is 1. The summed E-state index contributed by atoms with van der Waals surface area (Å²) in [6.45, 7) is 8.14. The molecule has 0 amide bonds. The molecule has 0 spiro atoms. The number of hydrogen-bond acceptors (Lipinski definition) is 4. The molecule has 4 heteroatoms. The highest BCUT2D eigenvalue weighted by Crippen LogP contribution is 2.19. The number of likely N-dealkylation sites (N-methyl/N-ethyl adjacent to an activating group) is 1. The van der Waals surface area contributed by atoms with E-state index >= 15 is 0 Å². The van der Waals surface area contributed by atoms with Gasteiger partial charge in [-0.3, -0.25) is 4.90 Å². The van der Waals surface area contributed by atoms with Crippen molar-refractivity contribution in [3.05, 3.63) is 0 Å². The van der Waals surface area contributed by atoms with Crippen molar-refractivity contribution in [1.29, 1.82) is 0 Å². The van der Waals surface area contributed by atoms with Crippen LogP contribution in [0.4, 0.5) is 0 Å². The molecule has 4 nitrogen and oxygen atoms in total. The Hall–Kier alpha value is -0.160. The van der Waals surface area contributed by atoms with Crippen LogP contribution in [0, 0.1) is 5.41 Å². The van der Waals surface area contributed by atoms with E-state index in [9.17, 15) is 10.2 Å². The van der Waals surface area contributed by atoms with Crippen molar-refractivity contribution < 1.29 is 10.2 Å². The first-order chi connectivity index (χ1) is 7.00. The molecule has 1 unspecified atom stereocenters. The van der Waals surface area contributed by atoms with E-state index in [-0.39, 0.29) is 18.6 Å². The van der Waals surface area contributed by atoms with Gasteiger partial charge < -0.3 is 15.1 Å². The van der Waals surface area contributed by atoms with E-state index in [1.54, 1.807) is 0 Å². The van der Waals surface area contributed by atoms with Crippen LogP contribution in [-0.2, 0) is 0 Å². The quantitative estimate of drug-likeness (QED) is 0.672. The predicted molar refractivity (Wildman–Crippen MR) is 60.8 cm³/mol. The third kappa shape index (κ3) is 3.41. The first-order valence-corrected chi connectivity index (χ1v) is 5.65. The normalized spacial score (nSPS) is 25.8. The van der Waals surface area contributed by atoms with Crippen LogP contribution in [-0.4, -0.2) is 72.5 Å². The molecule has 1 atom stereocenters. The average Bonchev–Trinajstić information content (AvgIpc) is 2.22. The minimum atomic E-state index is -0.371. The van der Waals surface area contributed by atoms with Gasteiger partial charge in [-0.15, -0.1) is 0 Å². The van der Waals surface area contributed by atoms with Crippen molar-refractivity contribution in [3.63, 3.8) is 0 Å². The van der Waals surface area contributed by atoms with Gasteiger partial charge in [0.1, 0.15) is 0 Å². The van der Waals surface area contributed by atoms with Crippen LogP contribution < -0.4 is 0 Å². The second-order valence-corrected chi connectivity index (χ2v) is 5.21. The molecule has 0 aliphatic carbocycles.